The van der Waals surface area contributed by atoms with Crippen LogP contribution in [0.4, 0.5) is 0 Å². The highest BCUT2D eigenvalue weighted by atomic mass is 32.2. The van der Waals surface area contributed by atoms with Crippen LogP contribution in [0.15, 0.2) is 84.9 Å². The maximum Gasteiger partial charge on any atom is 0.243 e. The molecule has 0 radical (unpaired) electrons. The summed E-state index contributed by atoms with van der Waals surface area (Å²) < 4.78 is 52.8. The Morgan fingerprint density at radius 3 is 1.11 bits per heavy atom. The van der Waals surface area contributed by atoms with Gasteiger partial charge in [0.15, 0.2) is 19.7 Å². The summed E-state index contributed by atoms with van der Waals surface area (Å²) in [5.41, 5.74) is 1.54. The SMILES string of the molecule is CC(C)C(NC(=O)C(Cc1ccc2ccccc2c1)CS(=O)(=O)C(C)(C)C)C(=O)NC(CC1CCCCC1)C(O)C(O)C(CC1CCCCC1)NC(=O)C(NC(=O)C(Cc1ccc2ccccc2c1)CS(=O)(=O)C(C)(C)C)C(C)C. The molecule has 80 heavy (non-hydrogen) atoms. The third-order valence-electron chi connectivity index (χ3n) is 17.0. The van der Waals surface area contributed by atoms with Gasteiger partial charge in [0.25, 0.3) is 0 Å². The zero-order valence-corrected chi connectivity index (χ0v) is 50.9. The Hall–Kier alpha value is -4.90. The van der Waals surface area contributed by atoms with E-state index in [0.717, 1.165) is 96.9 Å². The molecule has 0 bridgehead atoms. The lowest BCUT2D eigenvalue weighted by molar-refractivity contribution is -0.134. The molecule has 4 aromatic rings. The number of amides is 4. The summed E-state index contributed by atoms with van der Waals surface area (Å²) in [7, 11) is -7.62. The molecule has 6 rings (SSSR count). The normalized spacial score (nSPS) is 18.4. The molecule has 2 aliphatic carbocycles. The molecule has 442 valence electrons. The predicted octanol–water partition coefficient (Wildman–Crippen LogP) is 9.35. The minimum Gasteiger partial charge on any atom is -0.388 e. The van der Waals surface area contributed by atoms with Crippen LogP contribution in [-0.4, -0.2) is 108 Å². The van der Waals surface area contributed by atoms with Crippen molar-refractivity contribution in [3.63, 3.8) is 0 Å². The lowest BCUT2D eigenvalue weighted by Gasteiger charge is -2.38. The number of carbonyl (C=O) groups excluding carboxylic acids is 4. The molecule has 0 spiro atoms. The Bertz CT molecular complexity index is 2750. The Morgan fingerprint density at radius 1 is 0.475 bits per heavy atom. The minimum absolute atomic E-state index is 0.105. The van der Waals surface area contributed by atoms with Gasteiger partial charge in [-0.05, 0) is 124 Å². The molecule has 2 fully saturated rings. The van der Waals surface area contributed by atoms with Crippen LogP contribution < -0.4 is 21.3 Å². The Balaban J connectivity index is 1.26. The van der Waals surface area contributed by atoms with E-state index in [-0.39, 0.29) is 24.7 Å². The van der Waals surface area contributed by atoms with E-state index < -0.39 is 124 Å². The number of aliphatic hydroxyl groups excluding tert-OH is 2. The lowest BCUT2D eigenvalue weighted by atomic mass is 9.80. The maximum absolute atomic E-state index is 14.8. The number of nitrogens with one attached hydrogen (secondary N) is 4. The van der Waals surface area contributed by atoms with Crippen molar-refractivity contribution in [2.75, 3.05) is 11.5 Å². The summed E-state index contributed by atoms with van der Waals surface area (Å²) in [4.78, 5) is 58.7. The second-order valence-electron chi connectivity index (χ2n) is 26.1. The van der Waals surface area contributed by atoms with Crippen LogP contribution in [-0.2, 0) is 51.7 Å². The summed E-state index contributed by atoms with van der Waals surface area (Å²) in [5, 5.41) is 41.0. The Labute approximate surface area is 478 Å². The van der Waals surface area contributed by atoms with Gasteiger partial charge in [-0.25, -0.2) is 16.8 Å². The smallest absolute Gasteiger partial charge is 0.243 e. The van der Waals surface area contributed by atoms with Crippen molar-refractivity contribution >= 4 is 64.8 Å². The topological polar surface area (TPSA) is 225 Å². The summed E-state index contributed by atoms with van der Waals surface area (Å²) in [6, 6.07) is 22.8. The fraction of sp³-hybridized carbons (Fsp3) is 0.625. The van der Waals surface area contributed by atoms with Crippen LogP contribution >= 0.6 is 0 Å². The number of hydrogen-bond acceptors (Lipinski definition) is 10. The van der Waals surface area contributed by atoms with Gasteiger partial charge in [-0.15, -0.1) is 0 Å². The quantitative estimate of drug-likeness (QED) is 0.0369. The van der Waals surface area contributed by atoms with E-state index >= 15 is 0 Å². The van der Waals surface area contributed by atoms with Gasteiger partial charge in [0.05, 0.1) is 44.9 Å². The minimum atomic E-state index is -3.81. The molecular formula is C64H94N4O10S2. The number of hydrogen-bond donors (Lipinski definition) is 6. The zero-order valence-electron chi connectivity index (χ0n) is 49.3. The summed E-state index contributed by atoms with van der Waals surface area (Å²) >= 11 is 0. The maximum atomic E-state index is 14.8. The van der Waals surface area contributed by atoms with Crippen molar-refractivity contribution in [3.05, 3.63) is 96.1 Å². The van der Waals surface area contributed by atoms with Gasteiger partial charge in [0, 0.05) is 0 Å². The first-order chi connectivity index (χ1) is 37.5. The molecule has 16 heteroatoms. The van der Waals surface area contributed by atoms with Gasteiger partial charge < -0.3 is 31.5 Å². The Kier molecular flexibility index (Phi) is 22.4. The van der Waals surface area contributed by atoms with E-state index in [2.05, 4.69) is 21.3 Å². The van der Waals surface area contributed by atoms with Crippen LogP contribution in [0.25, 0.3) is 21.5 Å². The lowest BCUT2D eigenvalue weighted by Crippen LogP contribution is -2.61. The van der Waals surface area contributed by atoms with Crippen LogP contribution in [0.2, 0.25) is 0 Å². The number of benzene rings is 4. The molecule has 2 aliphatic rings. The third-order valence-corrected chi connectivity index (χ3v) is 22.4. The van der Waals surface area contributed by atoms with E-state index in [9.17, 15) is 46.2 Å². The zero-order chi connectivity index (χ0) is 58.7. The fourth-order valence-electron chi connectivity index (χ4n) is 11.5. The highest BCUT2D eigenvalue weighted by molar-refractivity contribution is 7.93. The van der Waals surface area contributed by atoms with E-state index in [1.807, 2.05) is 84.9 Å². The fourth-order valence-corrected chi connectivity index (χ4v) is 14.1. The largest absolute Gasteiger partial charge is 0.388 e. The van der Waals surface area contributed by atoms with Crippen LogP contribution in [0.1, 0.15) is 157 Å². The van der Waals surface area contributed by atoms with E-state index in [0.29, 0.717) is 12.8 Å². The van der Waals surface area contributed by atoms with Crippen molar-refractivity contribution in [2.24, 2.45) is 35.5 Å². The molecule has 6 N–H and O–H groups in total. The standard InChI is InChI=1S/C64H94N4O10S2/c1-41(2)55(67-59(71)51(39-79(75,76)63(5,6)7)35-45-29-31-47-25-17-19-27-49(47)33-45)61(73)65-53(37-43-21-13-11-14-22-43)57(69)58(70)54(38-44-23-15-12-16-24-44)66-62(74)56(42(3)4)68-60(72)52(40-80(77,78)64(8,9)10)36-46-30-32-48-26-18-20-28-50(48)34-46/h17-20,25-34,41-44,51-58,69-70H,11-16,21-24,35-40H2,1-10H3,(H,65,73)(H,66,74)(H,67,71)(H,68,72). The van der Waals surface area contributed by atoms with Crippen LogP contribution in [0.5, 0.6) is 0 Å². The first-order valence-electron chi connectivity index (χ1n) is 29.5. The molecule has 0 saturated heterocycles. The molecular weight excluding hydrogens is 1050 g/mol. The molecule has 8 unspecified atom stereocenters. The van der Waals surface area contributed by atoms with Crippen LogP contribution in [0.3, 0.4) is 0 Å². The van der Waals surface area contributed by atoms with Gasteiger partial charge in [-0.2, -0.15) is 0 Å². The number of aliphatic hydroxyl groups is 2. The number of fused-ring (bicyclic) bond motifs is 2. The first-order valence-corrected chi connectivity index (χ1v) is 32.8. The summed E-state index contributed by atoms with van der Waals surface area (Å²) in [6.45, 7) is 16.7. The molecule has 0 heterocycles. The predicted molar refractivity (Wildman–Crippen MR) is 321 cm³/mol. The van der Waals surface area contributed by atoms with E-state index in [1.54, 1.807) is 69.2 Å². The van der Waals surface area contributed by atoms with Crippen molar-refractivity contribution in [3.8, 4) is 0 Å². The van der Waals surface area contributed by atoms with Gasteiger partial charge in [0.2, 0.25) is 23.6 Å². The third kappa shape index (κ3) is 17.6. The van der Waals surface area contributed by atoms with Gasteiger partial charge >= 0.3 is 0 Å². The molecule has 2 saturated carbocycles. The first kappa shape index (κ1) is 64.3. The molecule has 14 nitrogen and oxygen atoms in total. The summed E-state index contributed by atoms with van der Waals surface area (Å²) in [5.74, 6) is -6.10. The number of sulfone groups is 2. The highest BCUT2D eigenvalue weighted by Crippen LogP contribution is 2.33. The number of rotatable bonds is 25. The van der Waals surface area contributed by atoms with Crippen molar-refractivity contribution < 1.29 is 46.2 Å². The second kappa shape index (κ2) is 27.9. The molecule has 4 amide bonds. The number of carbonyl (C=O) groups is 4. The van der Waals surface area contributed by atoms with Gasteiger partial charge in [-0.3, -0.25) is 19.2 Å². The van der Waals surface area contributed by atoms with Gasteiger partial charge in [-0.1, -0.05) is 177 Å². The van der Waals surface area contributed by atoms with Crippen LogP contribution in [0, 0.1) is 35.5 Å². The molecule has 4 aromatic carbocycles. The van der Waals surface area contributed by atoms with Crippen molar-refractivity contribution in [2.45, 2.75) is 205 Å². The van der Waals surface area contributed by atoms with Gasteiger partial charge in [0.1, 0.15) is 24.3 Å². The molecule has 0 aromatic heterocycles. The van der Waals surface area contributed by atoms with E-state index in [4.69, 9.17) is 0 Å². The molecule has 0 aliphatic heterocycles. The van der Waals surface area contributed by atoms with Crippen molar-refractivity contribution in [1.82, 2.24) is 21.3 Å². The molecule has 8 atom stereocenters. The highest BCUT2D eigenvalue weighted by Gasteiger charge is 2.42. The Morgan fingerprint density at radius 2 is 0.800 bits per heavy atom. The monoisotopic (exact) mass is 1140 g/mol. The average molecular weight is 1140 g/mol. The van der Waals surface area contributed by atoms with Crippen molar-refractivity contribution in [1.29, 1.82) is 0 Å². The van der Waals surface area contributed by atoms with E-state index in [1.165, 1.54) is 0 Å². The average Bonchev–Trinajstić information content (AvgIpc) is 3.39. The summed E-state index contributed by atoms with van der Waals surface area (Å²) in [6.07, 6.45) is 7.11. The second-order valence-corrected chi connectivity index (χ2v) is 31.7.